The molecule has 0 aliphatic carbocycles. The van der Waals surface area contributed by atoms with Crippen molar-refractivity contribution in [3.8, 4) is 16.9 Å². The van der Waals surface area contributed by atoms with E-state index in [1.807, 2.05) is 0 Å². The van der Waals surface area contributed by atoms with Crippen molar-refractivity contribution in [2.45, 2.75) is 19.0 Å². The fraction of sp³-hybridized carbons (Fsp3) is 0.250. The molecule has 0 fully saturated rings. The number of hydrogen-bond acceptors (Lipinski definition) is 2. The Morgan fingerprint density at radius 1 is 0.917 bits per heavy atom. The molecule has 0 aliphatic rings. The first-order chi connectivity index (χ1) is 11.1. The summed E-state index contributed by atoms with van der Waals surface area (Å²) in [5, 5.41) is 0. The second kappa shape index (κ2) is 6.72. The van der Waals surface area contributed by atoms with Gasteiger partial charge in [-0.15, -0.1) is 13.2 Å². The standard InChI is InChI=1S/C16H13F6NO/c17-15(18,19)12-4-5-14(11(8-12)6-7-23)10-2-1-3-13(9-10)24-16(20,21)22/h1-5,8-9H,6-7,23H2. The Kier molecular flexibility index (Phi) is 5.08. The topological polar surface area (TPSA) is 35.2 Å². The van der Waals surface area contributed by atoms with E-state index in [4.69, 9.17) is 5.73 Å². The number of rotatable bonds is 4. The van der Waals surface area contributed by atoms with Crippen LogP contribution in [0.5, 0.6) is 5.75 Å². The summed E-state index contributed by atoms with van der Waals surface area (Å²) in [6, 6.07) is 8.12. The molecule has 0 amide bonds. The van der Waals surface area contributed by atoms with Gasteiger partial charge in [-0.3, -0.25) is 0 Å². The molecule has 0 saturated heterocycles. The first kappa shape index (κ1) is 18.1. The second-order valence-electron chi connectivity index (χ2n) is 4.98. The van der Waals surface area contributed by atoms with Crippen LogP contribution in [-0.2, 0) is 12.6 Å². The van der Waals surface area contributed by atoms with Gasteiger partial charge in [0, 0.05) is 0 Å². The van der Waals surface area contributed by atoms with Crippen molar-refractivity contribution in [3.05, 3.63) is 53.6 Å². The Labute approximate surface area is 133 Å². The zero-order valence-corrected chi connectivity index (χ0v) is 12.2. The van der Waals surface area contributed by atoms with Crippen LogP contribution in [0.1, 0.15) is 11.1 Å². The Hall–Kier alpha value is -2.22. The van der Waals surface area contributed by atoms with Gasteiger partial charge >= 0.3 is 12.5 Å². The van der Waals surface area contributed by atoms with Crippen LogP contribution >= 0.6 is 0 Å². The lowest BCUT2D eigenvalue weighted by Gasteiger charge is -2.15. The van der Waals surface area contributed by atoms with Crippen LogP contribution in [0.2, 0.25) is 0 Å². The third kappa shape index (κ3) is 4.64. The SMILES string of the molecule is NCCc1cc(C(F)(F)F)ccc1-c1cccc(OC(F)(F)F)c1. The smallest absolute Gasteiger partial charge is 0.406 e. The van der Waals surface area contributed by atoms with E-state index in [-0.39, 0.29) is 13.0 Å². The van der Waals surface area contributed by atoms with Crippen LogP contribution in [0.4, 0.5) is 26.3 Å². The molecule has 2 nitrogen and oxygen atoms in total. The van der Waals surface area contributed by atoms with E-state index in [0.717, 1.165) is 24.3 Å². The van der Waals surface area contributed by atoms with Gasteiger partial charge in [-0.05, 0) is 53.9 Å². The van der Waals surface area contributed by atoms with Crippen LogP contribution in [0, 0.1) is 0 Å². The number of alkyl halides is 6. The molecule has 0 unspecified atom stereocenters. The van der Waals surface area contributed by atoms with Gasteiger partial charge in [0.05, 0.1) is 5.56 Å². The highest BCUT2D eigenvalue weighted by Crippen LogP contribution is 2.35. The van der Waals surface area contributed by atoms with Crippen molar-refractivity contribution < 1.29 is 31.1 Å². The van der Waals surface area contributed by atoms with Crippen molar-refractivity contribution in [2.75, 3.05) is 6.54 Å². The Morgan fingerprint density at radius 2 is 1.62 bits per heavy atom. The van der Waals surface area contributed by atoms with Gasteiger partial charge in [-0.2, -0.15) is 13.2 Å². The van der Waals surface area contributed by atoms with Gasteiger partial charge in [0.25, 0.3) is 0 Å². The fourth-order valence-electron chi connectivity index (χ4n) is 2.27. The average molecular weight is 349 g/mol. The highest BCUT2D eigenvalue weighted by Gasteiger charge is 2.32. The third-order valence-corrected chi connectivity index (χ3v) is 3.22. The molecule has 2 N–H and O–H groups in total. The summed E-state index contributed by atoms with van der Waals surface area (Å²) in [6.07, 6.45) is -9.20. The predicted molar refractivity (Wildman–Crippen MR) is 76.3 cm³/mol. The molecule has 0 bridgehead atoms. The first-order valence-electron chi connectivity index (χ1n) is 6.86. The van der Waals surface area contributed by atoms with Crippen LogP contribution < -0.4 is 10.5 Å². The van der Waals surface area contributed by atoms with Gasteiger partial charge in [0.1, 0.15) is 5.75 Å². The summed E-state index contributed by atoms with van der Waals surface area (Å²) in [5.41, 5.74) is 5.58. The van der Waals surface area contributed by atoms with Gasteiger partial charge in [-0.1, -0.05) is 18.2 Å². The Bertz CT molecular complexity index is 708. The molecule has 24 heavy (non-hydrogen) atoms. The second-order valence-corrected chi connectivity index (χ2v) is 4.98. The van der Waals surface area contributed by atoms with Crippen LogP contribution in [0.15, 0.2) is 42.5 Å². The van der Waals surface area contributed by atoms with E-state index in [1.54, 1.807) is 0 Å². The van der Waals surface area contributed by atoms with Crippen molar-refractivity contribution in [1.29, 1.82) is 0 Å². The lowest BCUT2D eigenvalue weighted by atomic mass is 9.95. The highest BCUT2D eigenvalue weighted by atomic mass is 19.4. The number of hydrogen-bond donors (Lipinski definition) is 1. The van der Waals surface area contributed by atoms with E-state index in [1.165, 1.54) is 18.2 Å². The third-order valence-electron chi connectivity index (χ3n) is 3.22. The molecule has 0 radical (unpaired) electrons. The summed E-state index contributed by atoms with van der Waals surface area (Å²) in [6.45, 7) is 0.104. The minimum absolute atomic E-state index is 0.104. The molecule has 0 saturated carbocycles. The molecule has 0 atom stereocenters. The van der Waals surface area contributed by atoms with Gasteiger partial charge in [-0.25, -0.2) is 0 Å². The number of halogens is 6. The van der Waals surface area contributed by atoms with Crippen molar-refractivity contribution in [3.63, 3.8) is 0 Å². The van der Waals surface area contributed by atoms with E-state index in [2.05, 4.69) is 4.74 Å². The summed E-state index contributed by atoms with van der Waals surface area (Å²) in [5.74, 6) is -0.446. The molecule has 2 rings (SSSR count). The maximum Gasteiger partial charge on any atom is 0.573 e. The molecule has 0 spiro atoms. The molecule has 0 heterocycles. The molecule has 2 aromatic rings. The molecule has 2 aromatic carbocycles. The average Bonchev–Trinajstić information content (AvgIpc) is 2.45. The maximum absolute atomic E-state index is 12.8. The largest absolute Gasteiger partial charge is 0.573 e. The van der Waals surface area contributed by atoms with Gasteiger partial charge in [0.2, 0.25) is 0 Å². The Morgan fingerprint density at radius 3 is 2.21 bits per heavy atom. The van der Waals surface area contributed by atoms with E-state index >= 15 is 0 Å². The van der Waals surface area contributed by atoms with E-state index in [0.29, 0.717) is 16.7 Å². The monoisotopic (exact) mass is 349 g/mol. The van der Waals surface area contributed by atoms with Gasteiger partial charge in [0.15, 0.2) is 0 Å². The van der Waals surface area contributed by atoms with Crippen LogP contribution in [-0.4, -0.2) is 12.9 Å². The minimum Gasteiger partial charge on any atom is -0.406 e. The molecular formula is C16H13F6NO. The lowest BCUT2D eigenvalue weighted by molar-refractivity contribution is -0.274. The number of ether oxygens (including phenoxy) is 1. The summed E-state index contributed by atoms with van der Waals surface area (Å²) < 4.78 is 79.2. The number of nitrogens with two attached hydrogens (primary N) is 1. The molecule has 0 aromatic heterocycles. The first-order valence-corrected chi connectivity index (χ1v) is 6.86. The zero-order valence-electron chi connectivity index (χ0n) is 12.2. The normalized spacial score (nSPS) is 12.3. The number of benzene rings is 2. The zero-order chi connectivity index (χ0) is 18.0. The lowest BCUT2D eigenvalue weighted by Crippen LogP contribution is -2.17. The molecule has 130 valence electrons. The van der Waals surface area contributed by atoms with E-state index < -0.39 is 23.9 Å². The van der Waals surface area contributed by atoms with Crippen molar-refractivity contribution in [1.82, 2.24) is 0 Å². The van der Waals surface area contributed by atoms with Crippen molar-refractivity contribution >= 4 is 0 Å². The van der Waals surface area contributed by atoms with E-state index in [9.17, 15) is 26.3 Å². The summed E-state index contributed by atoms with van der Waals surface area (Å²) in [4.78, 5) is 0. The van der Waals surface area contributed by atoms with Crippen LogP contribution in [0.25, 0.3) is 11.1 Å². The van der Waals surface area contributed by atoms with Crippen LogP contribution in [0.3, 0.4) is 0 Å². The molecule has 8 heteroatoms. The minimum atomic E-state index is -4.85. The molecular weight excluding hydrogens is 336 g/mol. The summed E-state index contributed by atoms with van der Waals surface area (Å²) >= 11 is 0. The predicted octanol–water partition coefficient (Wildman–Crippen LogP) is 4.77. The molecule has 0 aliphatic heterocycles. The fourth-order valence-corrected chi connectivity index (χ4v) is 2.27. The summed E-state index contributed by atoms with van der Waals surface area (Å²) in [7, 11) is 0. The van der Waals surface area contributed by atoms with Gasteiger partial charge < -0.3 is 10.5 Å². The Balaban J connectivity index is 2.46. The van der Waals surface area contributed by atoms with Crippen molar-refractivity contribution in [2.24, 2.45) is 5.73 Å². The highest BCUT2D eigenvalue weighted by molar-refractivity contribution is 5.69. The quantitative estimate of drug-likeness (QED) is 0.807. The maximum atomic E-state index is 12.8.